The van der Waals surface area contributed by atoms with Crippen LogP contribution in [0.5, 0.6) is 5.75 Å². The summed E-state index contributed by atoms with van der Waals surface area (Å²) < 4.78 is 61.2. The van der Waals surface area contributed by atoms with Gasteiger partial charge in [-0.15, -0.1) is 0 Å². The average molecular weight is 481 g/mol. The van der Waals surface area contributed by atoms with Gasteiger partial charge in [-0.25, -0.2) is 26.3 Å². The van der Waals surface area contributed by atoms with Gasteiger partial charge in [0.25, 0.3) is 0 Å². The second-order valence-corrected chi connectivity index (χ2v) is 11.6. The van der Waals surface area contributed by atoms with Gasteiger partial charge in [0.15, 0.2) is 0 Å². The van der Waals surface area contributed by atoms with Crippen molar-refractivity contribution in [3.8, 4) is 5.75 Å². The Bertz CT molecular complexity index is 1110. The predicted octanol–water partition coefficient (Wildman–Crippen LogP) is 3.53. The van der Waals surface area contributed by atoms with Crippen molar-refractivity contribution in [1.82, 2.24) is 9.44 Å². The van der Waals surface area contributed by atoms with E-state index in [4.69, 9.17) is 4.74 Å². The van der Waals surface area contributed by atoms with E-state index < -0.39 is 20.0 Å². The minimum atomic E-state index is -3.64. The van der Waals surface area contributed by atoms with Crippen LogP contribution in [0.15, 0.2) is 52.3 Å². The van der Waals surface area contributed by atoms with Crippen molar-refractivity contribution in [3.63, 3.8) is 0 Å². The second kappa shape index (κ2) is 10.8. The average Bonchev–Trinajstić information content (AvgIpc) is 2.76. The molecule has 0 saturated heterocycles. The summed E-state index contributed by atoms with van der Waals surface area (Å²) in [5, 5.41) is 0. The number of aryl methyl sites for hydroxylation is 1. The van der Waals surface area contributed by atoms with Gasteiger partial charge in [0.05, 0.1) is 16.4 Å². The molecule has 0 radical (unpaired) electrons. The zero-order valence-electron chi connectivity index (χ0n) is 18.6. The van der Waals surface area contributed by atoms with E-state index in [1.165, 1.54) is 6.07 Å². The molecule has 3 rings (SSSR count). The summed E-state index contributed by atoms with van der Waals surface area (Å²) in [4.78, 5) is 0.422. The highest BCUT2D eigenvalue weighted by atomic mass is 32.2. The lowest BCUT2D eigenvalue weighted by Crippen LogP contribution is -2.36. The molecule has 1 fully saturated rings. The van der Waals surface area contributed by atoms with Crippen LogP contribution in [0.3, 0.4) is 0 Å². The standard InChI is InChI=1S/C23H32N2O5S2/c1-3-30-23-14-13-22(17-18(23)2)31(26,27)24-16-15-19-9-11-21(12-10-19)32(28,29)25-20-7-5-4-6-8-20/h9-14,17,20,24-25H,3-8,15-16H2,1-2H3. The van der Waals surface area contributed by atoms with E-state index in [1.807, 2.05) is 13.8 Å². The largest absolute Gasteiger partial charge is 0.494 e. The molecule has 0 bridgehead atoms. The van der Waals surface area contributed by atoms with Crippen molar-refractivity contribution in [2.75, 3.05) is 13.2 Å². The quantitative estimate of drug-likeness (QED) is 0.542. The lowest BCUT2D eigenvalue weighted by Gasteiger charge is -2.22. The molecule has 0 spiro atoms. The fraction of sp³-hybridized carbons (Fsp3) is 0.478. The Kier molecular flexibility index (Phi) is 8.32. The summed E-state index contributed by atoms with van der Waals surface area (Å²) in [6.07, 6.45) is 5.48. The van der Waals surface area contributed by atoms with Crippen molar-refractivity contribution in [2.24, 2.45) is 0 Å². The first kappa shape index (κ1) is 24.7. The van der Waals surface area contributed by atoms with E-state index in [0.29, 0.717) is 18.8 Å². The molecule has 2 aromatic rings. The van der Waals surface area contributed by atoms with Gasteiger partial charge in [-0.1, -0.05) is 31.4 Å². The fourth-order valence-corrected chi connectivity index (χ4v) is 6.28. The number of ether oxygens (including phenoxy) is 1. The molecular formula is C23H32N2O5S2. The maximum Gasteiger partial charge on any atom is 0.240 e. The fourth-order valence-electron chi connectivity index (χ4n) is 3.86. The molecule has 1 aliphatic rings. The zero-order chi connectivity index (χ0) is 23.2. The predicted molar refractivity (Wildman–Crippen MR) is 125 cm³/mol. The highest BCUT2D eigenvalue weighted by molar-refractivity contribution is 7.89. The Labute approximate surface area is 191 Å². The van der Waals surface area contributed by atoms with Gasteiger partial charge in [0.2, 0.25) is 20.0 Å². The molecule has 32 heavy (non-hydrogen) atoms. The van der Waals surface area contributed by atoms with Crippen LogP contribution < -0.4 is 14.2 Å². The maximum atomic E-state index is 12.6. The Hall–Kier alpha value is -1.94. The molecule has 176 valence electrons. The monoisotopic (exact) mass is 480 g/mol. The molecule has 2 N–H and O–H groups in total. The van der Waals surface area contributed by atoms with Crippen LogP contribution in [0.25, 0.3) is 0 Å². The molecule has 0 amide bonds. The van der Waals surface area contributed by atoms with Gasteiger partial charge in [-0.2, -0.15) is 0 Å². The van der Waals surface area contributed by atoms with E-state index in [1.54, 1.807) is 36.4 Å². The minimum absolute atomic E-state index is 0.00840. The summed E-state index contributed by atoms with van der Waals surface area (Å²) >= 11 is 0. The summed E-state index contributed by atoms with van der Waals surface area (Å²) in [6, 6.07) is 11.4. The van der Waals surface area contributed by atoms with Crippen LogP contribution in [0, 0.1) is 6.92 Å². The van der Waals surface area contributed by atoms with E-state index in [9.17, 15) is 16.8 Å². The number of hydrogen-bond acceptors (Lipinski definition) is 5. The Balaban J connectivity index is 1.56. The first-order valence-corrected chi connectivity index (χ1v) is 14.0. The molecular weight excluding hydrogens is 448 g/mol. The second-order valence-electron chi connectivity index (χ2n) is 8.11. The van der Waals surface area contributed by atoms with E-state index in [2.05, 4.69) is 9.44 Å². The summed E-state index contributed by atoms with van der Waals surface area (Å²) in [7, 11) is -7.18. The number of benzene rings is 2. The molecule has 0 atom stereocenters. The van der Waals surface area contributed by atoms with Crippen LogP contribution >= 0.6 is 0 Å². The SMILES string of the molecule is CCOc1ccc(S(=O)(=O)NCCc2ccc(S(=O)(=O)NC3CCCCC3)cc2)cc1C. The molecule has 7 nitrogen and oxygen atoms in total. The first-order valence-electron chi connectivity index (χ1n) is 11.1. The Morgan fingerprint density at radius 1 is 0.906 bits per heavy atom. The van der Waals surface area contributed by atoms with Crippen LogP contribution in [-0.4, -0.2) is 36.0 Å². The molecule has 1 saturated carbocycles. The molecule has 0 aliphatic heterocycles. The third-order valence-electron chi connectivity index (χ3n) is 5.62. The Morgan fingerprint density at radius 2 is 1.56 bits per heavy atom. The number of sulfonamides is 2. The van der Waals surface area contributed by atoms with Crippen LogP contribution in [0.4, 0.5) is 0 Å². The van der Waals surface area contributed by atoms with E-state index in [0.717, 1.165) is 43.2 Å². The number of nitrogens with one attached hydrogen (secondary N) is 2. The van der Waals surface area contributed by atoms with Crippen molar-refractivity contribution in [1.29, 1.82) is 0 Å². The van der Waals surface area contributed by atoms with Crippen molar-refractivity contribution < 1.29 is 21.6 Å². The van der Waals surface area contributed by atoms with Crippen LogP contribution in [0.1, 0.15) is 50.2 Å². The van der Waals surface area contributed by atoms with E-state index in [-0.39, 0.29) is 22.4 Å². The molecule has 1 aliphatic carbocycles. The summed E-state index contributed by atoms with van der Waals surface area (Å²) in [5.41, 5.74) is 1.61. The van der Waals surface area contributed by atoms with Gasteiger partial charge in [-0.05, 0) is 74.6 Å². The van der Waals surface area contributed by atoms with Gasteiger partial charge < -0.3 is 4.74 Å². The zero-order valence-corrected chi connectivity index (χ0v) is 20.3. The molecule has 9 heteroatoms. The summed E-state index contributed by atoms with van der Waals surface area (Å²) in [5.74, 6) is 0.666. The first-order chi connectivity index (χ1) is 15.2. The third-order valence-corrected chi connectivity index (χ3v) is 8.62. The van der Waals surface area contributed by atoms with Crippen LogP contribution in [-0.2, 0) is 26.5 Å². The van der Waals surface area contributed by atoms with Gasteiger partial charge >= 0.3 is 0 Å². The van der Waals surface area contributed by atoms with Crippen LogP contribution in [0.2, 0.25) is 0 Å². The topological polar surface area (TPSA) is 102 Å². The van der Waals surface area contributed by atoms with Crippen molar-refractivity contribution >= 4 is 20.0 Å². The third kappa shape index (κ3) is 6.54. The maximum absolute atomic E-state index is 12.6. The molecule has 0 heterocycles. The smallest absolute Gasteiger partial charge is 0.240 e. The normalized spacial score (nSPS) is 15.6. The van der Waals surface area contributed by atoms with Crippen molar-refractivity contribution in [3.05, 3.63) is 53.6 Å². The van der Waals surface area contributed by atoms with Gasteiger partial charge in [0.1, 0.15) is 5.75 Å². The number of hydrogen-bond donors (Lipinski definition) is 2. The minimum Gasteiger partial charge on any atom is -0.494 e. The molecule has 2 aromatic carbocycles. The number of rotatable bonds is 10. The summed E-state index contributed by atoms with van der Waals surface area (Å²) in [6.45, 7) is 4.41. The molecule has 0 aromatic heterocycles. The molecule has 0 unspecified atom stereocenters. The van der Waals surface area contributed by atoms with Crippen molar-refractivity contribution in [2.45, 2.75) is 68.2 Å². The lowest BCUT2D eigenvalue weighted by molar-refractivity contribution is 0.337. The lowest BCUT2D eigenvalue weighted by atomic mass is 9.96. The highest BCUT2D eigenvalue weighted by Crippen LogP contribution is 2.22. The van der Waals surface area contributed by atoms with Gasteiger partial charge in [0, 0.05) is 12.6 Å². The van der Waals surface area contributed by atoms with E-state index >= 15 is 0 Å². The Morgan fingerprint density at radius 3 is 2.19 bits per heavy atom. The highest BCUT2D eigenvalue weighted by Gasteiger charge is 2.21. The van der Waals surface area contributed by atoms with Gasteiger partial charge in [-0.3, -0.25) is 0 Å².